The minimum absolute atomic E-state index is 0.0718. The van der Waals surface area contributed by atoms with Gasteiger partial charge in [-0.2, -0.15) is 0 Å². The van der Waals surface area contributed by atoms with E-state index in [9.17, 15) is 8.78 Å². The van der Waals surface area contributed by atoms with Gasteiger partial charge in [0.15, 0.2) is 11.6 Å². The van der Waals surface area contributed by atoms with Crippen molar-refractivity contribution in [2.24, 2.45) is 0 Å². The zero-order valence-corrected chi connectivity index (χ0v) is 7.31. The zero-order chi connectivity index (χ0) is 9.42. The van der Waals surface area contributed by atoms with Gasteiger partial charge in [0.2, 0.25) is 0 Å². The average molecular weight is 184 g/mol. The van der Waals surface area contributed by atoms with E-state index in [4.69, 9.17) is 4.74 Å². The molecule has 0 aromatic heterocycles. The first kappa shape index (κ1) is 8.48. The number of ether oxygens (including phenoxy) is 1. The summed E-state index contributed by atoms with van der Waals surface area (Å²) < 4.78 is 31.2. The van der Waals surface area contributed by atoms with Crippen molar-refractivity contribution in [2.75, 3.05) is 7.11 Å². The van der Waals surface area contributed by atoms with Gasteiger partial charge in [0.05, 0.1) is 7.11 Å². The summed E-state index contributed by atoms with van der Waals surface area (Å²) in [7, 11) is 1.36. The van der Waals surface area contributed by atoms with E-state index in [1.165, 1.54) is 7.11 Å². The lowest BCUT2D eigenvalue weighted by Gasteiger charge is -2.08. The van der Waals surface area contributed by atoms with Crippen molar-refractivity contribution in [3.63, 3.8) is 0 Å². The molecule has 1 fully saturated rings. The van der Waals surface area contributed by atoms with Crippen molar-refractivity contribution in [3.05, 3.63) is 29.3 Å². The van der Waals surface area contributed by atoms with E-state index in [1.54, 1.807) is 0 Å². The Kier molecular flexibility index (Phi) is 1.94. The second-order valence-corrected chi connectivity index (χ2v) is 3.25. The van der Waals surface area contributed by atoms with E-state index in [2.05, 4.69) is 0 Å². The fourth-order valence-electron chi connectivity index (χ4n) is 1.51. The molecule has 1 aromatic rings. The van der Waals surface area contributed by atoms with Crippen LogP contribution in [0.2, 0.25) is 0 Å². The minimum atomic E-state index is -0.481. The Morgan fingerprint density at radius 2 is 1.85 bits per heavy atom. The molecule has 1 nitrogen and oxygen atoms in total. The quantitative estimate of drug-likeness (QED) is 0.686. The van der Waals surface area contributed by atoms with Crippen LogP contribution in [-0.2, 0) is 0 Å². The van der Waals surface area contributed by atoms with Gasteiger partial charge in [-0.05, 0) is 30.9 Å². The summed E-state index contributed by atoms with van der Waals surface area (Å²) >= 11 is 0. The number of benzene rings is 1. The molecule has 70 valence electrons. The van der Waals surface area contributed by atoms with E-state index >= 15 is 0 Å². The van der Waals surface area contributed by atoms with E-state index < -0.39 is 5.82 Å². The summed E-state index contributed by atoms with van der Waals surface area (Å²) in [5.74, 6) is -0.611. The maximum atomic E-state index is 13.3. The van der Waals surface area contributed by atoms with Crippen LogP contribution in [0.15, 0.2) is 12.1 Å². The van der Waals surface area contributed by atoms with Crippen LogP contribution in [0.25, 0.3) is 0 Å². The van der Waals surface area contributed by atoms with Gasteiger partial charge < -0.3 is 4.74 Å². The first-order valence-electron chi connectivity index (χ1n) is 4.26. The van der Waals surface area contributed by atoms with E-state index in [0.29, 0.717) is 5.56 Å². The van der Waals surface area contributed by atoms with Crippen molar-refractivity contribution in [2.45, 2.75) is 18.8 Å². The van der Waals surface area contributed by atoms with Gasteiger partial charge in [0.1, 0.15) is 5.82 Å². The molecule has 0 atom stereocenters. The van der Waals surface area contributed by atoms with Crippen LogP contribution in [0, 0.1) is 11.6 Å². The summed E-state index contributed by atoms with van der Waals surface area (Å²) in [5, 5.41) is 0. The van der Waals surface area contributed by atoms with Crippen LogP contribution >= 0.6 is 0 Å². The Hall–Kier alpha value is -1.12. The highest BCUT2D eigenvalue weighted by molar-refractivity contribution is 5.40. The van der Waals surface area contributed by atoms with E-state index in [1.807, 2.05) is 0 Å². The molecule has 0 saturated heterocycles. The van der Waals surface area contributed by atoms with E-state index in [-0.39, 0.29) is 17.5 Å². The SMILES string of the molecule is COc1c(F)ccc(F)c1C1CC1. The van der Waals surface area contributed by atoms with Crippen molar-refractivity contribution in [3.8, 4) is 5.75 Å². The molecule has 3 heteroatoms. The van der Waals surface area contributed by atoms with E-state index in [0.717, 1.165) is 25.0 Å². The third-order valence-electron chi connectivity index (χ3n) is 2.28. The molecule has 2 rings (SSSR count). The third kappa shape index (κ3) is 1.39. The molecule has 1 aliphatic rings. The lowest BCUT2D eigenvalue weighted by molar-refractivity contribution is 0.376. The van der Waals surface area contributed by atoms with Crippen LogP contribution in [0.5, 0.6) is 5.75 Å². The van der Waals surface area contributed by atoms with Crippen LogP contribution < -0.4 is 4.74 Å². The largest absolute Gasteiger partial charge is 0.493 e. The summed E-state index contributed by atoms with van der Waals surface area (Å²) in [4.78, 5) is 0. The minimum Gasteiger partial charge on any atom is -0.493 e. The second kappa shape index (κ2) is 2.98. The second-order valence-electron chi connectivity index (χ2n) is 3.25. The number of methoxy groups -OCH3 is 1. The topological polar surface area (TPSA) is 9.23 Å². The summed E-state index contributed by atoms with van der Waals surface area (Å²) in [5.41, 5.74) is 0.405. The van der Waals surface area contributed by atoms with Crippen molar-refractivity contribution < 1.29 is 13.5 Å². The third-order valence-corrected chi connectivity index (χ3v) is 2.28. The van der Waals surface area contributed by atoms with Crippen molar-refractivity contribution >= 4 is 0 Å². The predicted molar refractivity (Wildman–Crippen MR) is 44.9 cm³/mol. The summed E-state index contributed by atoms with van der Waals surface area (Å²) in [6.07, 6.45) is 1.85. The lowest BCUT2D eigenvalue weighted by Crippen LogP contribution is -1.97. The highest BCUT2D eigenvalue weighted by atomic mass is 19.1. The maximum Gasteiger partial charge on any atom is 0.165 e. The summed E-state index contributed by atoms with van der Waals surface area (Å²) in [6.45, 7) is 0. The van der Waals surface area contributed by atoms with Crippen LogP contribution in [0.3, 0.4) is 0 Å². The first-order valence-corrected chi connectivity index (χ1v) is 4.26. The number of hydrogen-bond acceptors (Lipinski definition) is 1. The summed E-state index contributed by atoms with van der Waals surface area (Å²) in [6, 6.07) is 2.26. The highest BCUT2D eigenvalue weighted by Gasteiger charge is 2.31. The molecule has 1 saturated carbocycles. The monoisotopic (exact) mass is 184 g/mol. The molecule has 0 N–H and O–H groups in total. The Labute approximate surface area is 75.3 Å². The fraction of sp³-hybridized carbons (Fsp3) is 0.400. The average Bonchev–Trinajstić information content (AvgIpc) is 2.91. The fourth-order valence-corrected chi connectivity index (χ4v) is 1.51. The molecule has 0 amide bonds. The molecular formula is C10H10F2O. The van der Waals surface area contributed by atoms with Gasteiger partial charge in [-0.1, -0.05) is 0 Å². The molecule has 13 heavy (non-hydrogen) atoms. The predicted octanol–water partition coefficient (Wildman–Crippen LogP) is 2.85. The standard InChI is InChI=1S/C10H10F2O/c1-13-10-8(12)5-4-7(11)9(10)6-2-3-6/h4-6H,2-3H2,1H3. The Bertz CT molecular complexity index is 332. The molecular weight excluding hydrogens is 174 g/mol. The molecule has 0 unspecified atom stereocenters. The molecule has 0 radical (unpaired) electrons. The van der Waals surface area contributed by atoms with Gasteiger partial charge >= 0.3 is 0 Å². The smallest absolute Gasteiger partial charge is 0.165 e. The molecule has 0 bridgehead atoms. The van der Waals surface area contributed by atoms with Gasteiger partial charge in [-0.15, -0.1) is 0 Å². The number of hydrogen-bond donors (Lipinski definition) is 0. The van der Waals surface area contributed by atoms with Crippen molar-refractivity contribution in [1.29, 1.82) is 0 Å². The van der Waals surface area contributed by atoms with Crippen molar-refractivity contribution in [1.82, 2.24) is 0 Å². The molecule has 1 aromatic carbocycles. The molecule has 0 spiro atoms. The molecule has 1 aliphatic carbocycles. The first-order chi connectivity index (χ1) is 6.24. The van der Waals surface area contributed by atoms with Gasteiger partial charge in [0, 0.05) is 5.56 Å². The van der Waals surface area contributed by atoms with Gasteiger partial charge in [0.25, 0.3) is 0 Å². The maximum absolute atomic E-state index is 13.3. The normalized spacial score (nSPS) is 15.9. The van der Waals surface area contributed by atoms with Gasteiger partial charge in [-0.3, -0.25) is 0 Å². The molecule has 0 heterocycles. The van der Waals surface area contributed by atoms with Crippen LogP contribution in [0.4, 0.5) is 8.78 Å². The Morgan fingerprint density at radius 1 is 1.23 bits per heavy atom. The highest BCUT2D eigenvalue weighted by Crippen LogP contribution is 2.46. The number of halogens is 2. The van der Waals surface area contributed by atoms with Crippen LogP contribution in [-0.4, -0.2) is 7.11 Å². The lowest BCUT2D eigenvalue weighted by atomic mass is 10.1. The van der Waals surface area contributed by atoms with Gasteiger partial charge in [-0.25, -0.2) is 8.78 Å². The number of rotatable bonds is 2. The zero-order valence-electron chi connectivity index (χ0n) is 7.31. The van der Waals surface area contributed by atoms with Crippen LogP contribution in [0.1, 0.15) is 24.3 Å². The Balaban J connectivity index is 2.53. The Morgan fingerprint density at radius 3 is 2.38 bits per heavy atom. The molecule has 0 aliphatic heterocycles.